The van der Waals surface area contributed by atoms with E-state index in [1.807, 2.05) is 18.2 Å². The summed E-state index contributed by atoms with van der Waals surface area (Å²) in [6.07, 6.45) is 0. The lowest BCUT2D eigenvalue weighted by atomic mass is 10.2. The van der Waals surface area contributed by atoms with Crippen LogP contribution < -0.4 is 5.73 Å². The van der Waals surface area contributed by atoms with E-state index in [2.05, 4.69) is 0 Å². The Labute approximate surface area is 166 Å². The van der Waals surface area contributed by atoms with Gasteiger partial charge in [0.05, 0.1) is 25.4 Å². The van der Waals surface area contributed by atoms with Crippen LogP contribution in [0, 0.1) is 0 Å². The predicted molar refractivity (Wildman–Crippen MR) is 105 cm³/mol. The summed E-state index contributed by atoms with van der Waals surface area (Å²) in [5, 5.41) is 0. The molecule has 2 rings (SSSR count). The third-order valence-electron chi connectivity index (χ3n) is 4.53. The van der Waals surface area contributed by atoms with E-state index in [1.165, 1.54) is 4.31 Å². The highest BCUT2D eigenvalue weighted by Crippen LogP contribution is 2.14. The maximum absolute atomic E-state index is 12.6. The van der Waals surface area contributed by atoms with Crippen molar-refractivity contribution < 1.29 is 22.7 Å². The minimum absolute atomic E-state index is 0.0273. The Morgan fingerprint density at radius 2 is 1.75 bits per heavy atom. The van der Waals surface area contributed by atoms with Crippen molar-refractivity contribution in [3.05, 3.63) is 35.9 Å². The Morgan fingerprint density at radius 3 is 2.32 bits per heavy atom. The van der Waals surface area contributed by atoms with Crippen LogP contribution in [0.25, 0.3) is 0 Å². The smallest absolute Gasteiger partial charge is 0.236 e. The first-order chi connectivity index (χ1) is 13.3. The number of sulfonamides is 1. The van der Waals surface area contributed by atoms with Crippen LogP contribution in [0.15, 0.2) is 30.3 Å². The maximum atomic E-state index is 12.6. The van der Waals surface area contributed by atoms with Gasteiger partial charge in [0, 0.05) is 39.8 Å². The van der Waals surface area contributed by atoms with Gasteiger partial charge in [-0.15, -0.1) is 0 Å². The van der Waals surface area contributed by atoms with Crippen LogP contribution in [-0.2, 0) is 30.1 Å². The van der Waals surface area contributed by atoms with Crippen LogP contribution in [0.3, 0.4) is 0 Å². The van der Waals surface area contributed by atoms with Crippen molar-refractivity contribution >= 4 is 21.8 Å². The maximum Gasteiger partial charge on any atom is 0.236 e. The molecule has 2 N–H and O–H groups in total. The van der Waals surface area contributed by atoms with Crippen LogP contribution >= 0.6 is 0 Å². The number of methoxy groups -OCH3 is 1. The summed E-state index contributed by atoms with van der Waals surface area (Å²) < 4.78 is 31.6. The molecule has 156 valence electrons. The van der Waals surface area contributed by atoms with Crippen molar-refractivity contribution in [3.63, 3.8) is 0 Å². The lowest BCUT2D eigenvalue weighted by molar-refractivity contribution is -0.134. The normalized spacial score (nSPS) is 15.7. The molecule has 1 aliphatic heterocycles. The minimum Gasteiger partial charge on any atom is -0.383 e. The third-order valence-corrected chi connectivity index (χ3v) is 6.38. The fraction of sp³-hybridized carbons (Fsp3) is 0.556. The van der Waals surface area contributed by atoms with Gasteiger partial charge >= 0.3 is 0 Å². The molecule has 0 atom stereocenters. The Morgan fingerprint density at radius 1 is 1.11 bits per heavy atom. The van der Waals surface area contributed by atoms with Gasteiger partial charge in [0.2, 0.25) is 21.8 Å². The van der Waals surface area contributed by atoms with E-state index < -0.39 is 15.9 Å². The van der Waals surface area contributed by atoms with Crippen LogP contribution in [-0.4, -0.2) is 93.9 Å². The van der Waals surface area contributed by atoms with E-state index in [4.69, 9.17) is 10.5 Å². The molecule has 9 nitrogen and oxygen atoms in total. The van der Waals surface area contributed by atoms with Crippen LogP contribution in [0.4, 0.5) is 0 Å². The van der Waals surface area contributed by atoms with Crippen molar-refractivity contribution in [1.29, 1.82) is 0 Å². The molecule has 0 bridgehead atoms. The molecule has 0 spiro atoms. The fourth-order valence-electron chi connectivity index (χ4n) is 3.04. The predicted octanol–water partition coefficient (Wildman–Crippen LogP) is -0.906. The number of amides is 2. The summed E-state index contributed by atoms with van der Waals surface area (Å²) in [6, 6.07) is 9.02. The number of primary amides is 1. The van der Waals surface area contributed by atoms with Gasteiger partial charge in [0.1, 0.15) is 0 Å². The first kappa shape index (κ1) is 22.3. The van der Waals surface area contributed by atoms with Gasteiger partial charge in [-0.1, -0.05) is 30.3 Å². The molecule has 1 fully saturated rings. The number of rotatable bonds is 10. The number of piperazine rings is 1. The monoisotopic (exact) mass is 412 g/mol. The second kappa shape index (κ2) is 10.5. The van der Waals surface area contributed by atoms with Crippen molar-refractivity contribution in [2.45, 2.75) is 5.75 Å². The highest BCUT2D eigenvalue weighted by Gasteiger charge is 2.29. The van der Waals surface area contributed by atoms with E-state index in [9.17, 15) is 18.0 Å². The number of carbonyl (C=O) groups is 2. The highest BCUT2D eigenvalue weighted by atomic mass is 32.2. The summed E-state index contributed by atoms with van der Waals surface area (Å²) >= 11 is 0. The number of hydrogen-bond acceptors (Lipinski definition) is 6. The summed E-state index contributed by atoms with van der Waals surface area (Å²) in [5.74, 6) is -0.719. The average molecular weight is 413 g/mol. The second-order valence-electron chi connectivity index (χ2n) is 6.69. The van der Waals surface area contributed by atoms with E-state index in [0.29, 0.717) is 26.2 Å². The zero-order chi connectivity index (χ0) is 20.6. The molecular weight excluding hydrogens is 384 g/mol. The topological polar surface area (TPSA) is 113 Å². The average Bonchev–Trinajstić information content (AvgIpc) is 2.66. The molecule has 10 heteroatoms. The first-order valence-corrected chi connectivity index (χ1v) is 10.7. The molecule has 1 saturated heterocycles. The van der Waals surface area contributed by atoms with Gasteiger partial charge in [-0.3, -0.25) is 14.5 Å². The SMILES string of the molecule is COCCN(CC(N)=O)CC(=O)N1CCN(S(=O)(=O)Cc2ccccc2)CC1. The summed E-state index contributed by atoms with van der Waals surface area (Å²) in [5.41, 5.74) is 5.97. The molecule has 0 saturated carbocycles. The minimum atomic E-state index is -3.43. The van der Waals surface area contributed by atoms with Crippen molar-refractivity contribution in [3.8, 4) is 0 Å². The van der Waals surface area contributed by atoms with Crippen molar-refractivity contribution in [2.75, 3.05) is 59.5 Å². The molecule has 1 heterocycles. The molecule has 1 aromatic rings. The number of benzene rings is 1. The summed E-state index contributed by atoms with van der Waals surface area (Å²) in [7, 11) is -1.89. The molecule has 28 heavy (non-hydrogen) atoms. The van der Waals surface area contributed by atoms with Crippen LogP contribution in [0.2, 0.25) is 0 Å². The molecule has 0 aliphatic carbocycles. The van der Waals surface area contributed by atoms with Crippen LogP contribution in [0.5, 0.6) is 0 Å². The first-order valence-electron chi connectivity index (χ1n) is 9.11. The van der Waals surface area contributed by atoms with Gasteiger partial charge in [0.15, 0.2) is 0 Å². The zero-order valence-corrected chi connectivity index (χ0v) is 16.9. The number of ether oxygens (including phenoxy) is 1. The fourth-order valence-corrected chi connectivity index (χ4v) is 4.55. The molecule has 0 unspecified atom stereocenters. The number of carbonyl (C=O) groups excluding carboxylic acids is 2. The Hall–Kier alpha value is -2.01. The van der Waals surface area contributed by atoms with Gasteiger partial charge in [0.25, 0.3) is 0 Å². The summed E-state index contributed by atoms with van der Waals surface area (Å²) in [6.45, 7) is 1.97. The number of nitrogens with zero attached hydrogens (tertiary/aromatic N) is 3. The Balaban J connectivity index is 1.87. The van der Waals surface area contributed by atoms with Crippen molar-refractivity contribution in [2.24, 2.45) is 5.73 Å². The number of nitrogens with two attached hydrogens (primary N) is 1. The van der Waals surface area contributed by atoms with Gasteiger partial charge < -0.3 is 15.4 Å². The third kappa shape index (κ3) is 6.86. The zero-order valence-electron chi connectivity index (χ0n) is 16.1. The van der Waals surface area contributed by atoms with E-state index in [-0.39, 0.29) is 37.8 Å². The van der Waals surface area contributed by atoms with Crippen LogP contribution in [0.1, 0.15) is 5.56 Å². The second-order valence-corrected chi connectivity index (χ2v) is 8.66. The van der Waals surface area contributed by atoms with Crippen molar-refractivity contribution in [1.82, 2.24) is 14.1 Å². The number of hydrogen-bond donors (Lipinski definition) is 1. The lowest BCUT2D eigenvalue weighted by Crippen LogP contribution is -2.53. The van der Waals surface area contributed by atoms with Gasteiger partial charge in [-0.05, 0) is 5.56 Å². The lowest BCUT2D eigenvalue weighted by Gasteiger charge is -2.35. The van der Waals surface area contributed by atoms with E-state index >= 15 is 0 Å². The molecule has 2 amide bonds. The Kier molecular flexibility index (Phi) is 8.36. The highest BCUT2D eigenvalue weighted by molar-refractivity contribution is 7.88. The summed E-state index contributed by atoms with van der Waals surface area (Å²) in [4.78, 5) is 27.0. The molecule has 1 aliphatic rings. The standard InChI is InChI=1S/C18H28N4O5S/c1-27-12-11-20(13-17(19)23)14-18(24)21-7-9-22(10-8-21)28(25,26)15-16-5-3-2-4-6-16/h2-6H,7-15H2,1H3,(H2,19,23). The molecule has 0 radical (unpaired) electrons. The molecule has 1 aromatic carbocycles. The quantitative estimate of drug-likeness (QED) is 0.533. The van der Waals surface area contributed by atoms with E-state index in [1.54, 1.807) is 29.0 Å². The molecule has 0 aromatic heterocycles. The van der Waals surface area contributed by atoms with Gasteiger partial charge in [-0.2, -0.15) is 4.31 Å². The van der Waals surface area contributed by atoms with Gasteiger partial charge in [-0.25, -0.2) is 8.42 Å². The Bertz CT molecular complexity index is 748. The largest absolute Gasteiger partial charge is 0.383 e. The molecular formula is C18H28N4O5S. The van der Waals surface area contributed by atoms with E-state index in [0.717, 1.165) is 5.56 Å².